The SMILES string of the molecule is COc1ccc(C(C)C(=O)OCCOc2ccccc2C#N)cc1. The van der Waals surface area contributed by atoms with Crippen LogP contribution in [0, 0.1) is 11.3 Å². The van der Waals surface area contributed by atoms with Gasteiger partial charge >= 0.3 is 5.97 Å². The van der Waals surface area contributed by atoms with Crippen LogP contribution in [0.1, 0.15) is 24.0 Å². The standard InChI is InChI=1S/C19H19NO4/c1-14(15-7-9-17(22-2)10-8-15)19(21)24-12-11-23-18-6-4-3-5-16(18)13-20/h3-10,14H,11-12H2,1-2H3. The average molecular weight is 325 g/mol. The summed E-state index contributed by atoms with van der Waals surface area (Å²) in [5.74, 6) is 0.530. The summed E-state index contributed by atoms with van der Waals surface area (Å²) >= 11 is 0. The number of benzene rings is 2. The first-order chi connectivity index (χ1) is 11.7. The topological polar surface area (TPSA) is 68.6 Å². The molecule has 2 rings (SSSR count). The van der Waals surface area contributed by atoms with E-state index < -0.39 is 0 Å². The molecule has 24 heavy (non-hydrogen) atoms. The maximum absolute atomic E-state index is 12.1. The number of hydrogen-bond acceptors (Lipinski definition) is 5. The molecule has 1 unspecified atom stereocenters. The highest BCUT2D eigenvalue weighted by Gasteiger charge is 2.16. The smallest absolute Gasteiger partial charge is 0.313 e. The molecule has 0 aliphatic heterocycles. The van der Waals surface area contributed by atoms with Crippen molar-refractivity contribution in [3.63, 3.8) is 0 Å². The summed E-state index contributed by atoms with van der Waals surface area (Å²) < 4.78 is 15.8. The molecule has 2 aromatic rings. The third-order valence-corrected chi connectivity index (χ3v) is 3.56. The number of carbonyl (C=O) groups is 1. The van der Waals surface area contributed by atoms with Gasteiger partial charge < -0.3 is 14.2 Å². The third kappa shape index (κ3) is 4.50. The number of methoxy groups -OCH3 is 1. The van der Waals surface area contributed by atoms with Crippen molar-refractivity contribution in [2.75, 3.05) is 20.3 Å². The maximum Gasteiger partial charge on any atom is 0.313 e. The fraction of sp³-hybridized carbons (Fsp3) is 0.263. The van der Waals surface area contributed by atoms with Crippen molar-refractivity contribution >= 4 is 5.97 Å². The second-order valence-electron chi connectivity index (χ2n) is 5.12. The van der Waals surface area contributed by atoms with E-state index in [1.54, 1.807) is 50.4 Å². The van der Waals surface area contributed by atoms with Gasteiger partial charge in [0.05, 0.1) is 18.6 Å². The number of rotatable bonds is 7. The van der Waals surface area contributed by atoms with Crippen LogP contribution in [0.4, 0.5) is 0 Å². The van der Waals surface area contributed by atoms with Crippen LogP contribution in [-0.4, -0.2) is 26.3 Å². The van der Waals surface area contributed by atoms with Crippen LogP contribution in [0.2, 0.25) is 0 Å². The molecule has 0 N–H and O–H groups in total. The van der Waals surface area contributed by atoms with Crippen molar-refractivity contribution in [3.05, 3.63) is 59.7 Å². The molecule has 0 spiro atoms. The molecule has 0 amide bonds. The fourth-order valence-corrected chi connectivity index (χ4v) is 2.13. The van der Waals surface area contributed by atoms with Crippen LogP contribution < -0.4 is 9.47 Å². The Kier molecular flexibility index (Phi) is 6.21. The second-order valence-corrected chi connectivity index (χ2v) is 5.12. The Morgan fingerprint density at radius 1 is 1.12 bits per heavy atom. The number of nitriles is 1. The first-order valence-corrected chi connectivity index (χ1v) is 7.58. The highest BCUT2D eigenvalue weighted by molar-refractivity contribution is 5.77. The Bertz CT molecular complexity index is 719. The van der Waals surface area contributed by atoms with Crippen molar-refractivity contribution < 1.29 is 19.0 Å². The lowest BCUT2D eigenvalue weighted by Gasteiger charge is -2.13. The molecule has 0 radical (unpaired) electrons. The Morgan fingerprint density at radius 3 is 2.50 bits per heavy atom. The predicted molar refractivity (Wildman–Crippen MR) is 89.0 cm³/mol. The van der Waals surface area contributed by atoms with Gasteiger partial charge in [0.15, 0.2) is 0 Å². The number of ether oxygens (including phenoxy) is 3. The molecule has 0 aliphatic carbocycles. The van der Waals surface area contributed by atoms with Crippen molar-refractivity contribution in [2.45, 2.75) is 12.8 Å². The first-order valence-electron chi connectivity index (χ1n) is 7.58. The van der Waals surface area contributed by atoms with Crippen LogP contribution in [0.25, 0.3) is 0 Å². The lowest BCUT2D eigenvalue weighted by atomic mass is 10.0. The zero-order chi connectivity index (χ0) is 17.4. The molecule has 5 nitrogen and oxygen atoms in total. The summed E-state index contributed by atoms with van der Waals surface area (Å²) in [4.78, 5) is 12.1. The monoisotopic (exact) mass is 325 g/mol. The van der Waals surface area contributed by atoms with Crippen molar-refractivity contribution in [1.82, 2.24) is 0 Å². The van der Waals surface area contributed by atoms with E-state index in [9.17, 15) is 4.79 Å². The summed E-state index contributed by atoms with van der Waals surface area (Å²) in [5.41, 5.74) is 1.31. The summed E-state index contributed by atoms with van der Waals surface area (Å²) in [5, 5.41) is 8.98. The highest BCUT2D eigenvalue weighted by atomic mass is 16.6. The zero-order valence-electron chi connectivity index (χ0n) is 13.7. The molecule has 5 heteroatoms. The molecule has 2 aromatic carbocycles. The molecule has 0 saturated heterocycles. The minimum absolute atomic E-state index is 0.124. The lowest BCUT2D eigenvalue weighted by Crippen LogP contribution is -2.17. The molecule has 1 atom stereocenters. The van der Waals surface area contributed by atoms with Gasteiger partial charge in [-0.3, -0.25) is 4.79 Å². The number of nitrogens with zero attached hydrogens (tertiary/aromatic N) is 1. The molecule has 0 fully saturated rings. The lowest BCUT2D eigenvalue weighted by molar-refractivity contribution is -0.145. The second kappa shape index (κ2) is 8.59. The summed E-state index contributed by atoms with van der Waals surface area (Å²) in [6.45, 7) is 2.11. The molecular weight excluding hydrogens is 306 g/mol. The van der Waals surface area contributed by atoms with Crippen molar-refractivity contribution in [2.24, 2.45) is 0 Å². The maximum atomic E-state index is 12.1. The molecule has 124 valence electrons. The minimum Gasteiger partial charge on any atom is -0.497 e. The molecule has 0 aliphatic rings. The highest BCUT2D eigenvalue weighted by Crippen LogP contribution is 2.20. The Morgan fingerprint density at radius 2 is 1.83 bits per heavy atom. The van der Waals surface area contributed by atoms with Crippen LogP contribution >= 0.6 is 0 Å². The van der Waals surface area contributed by atoms with Crippen LogP contribution in [0.5, 0.6) is 11.5 Å². The van der Waals surface area contributed by atoms with Gasteiger partial charge in [-0.25, -0.2) is 0 Å². The van der Waals surface area contributed by atoms with Crippen molar-refractivity contribution in [3.8, 4) is 17.6 Å². The molecule has 0 aromatic heterocycles. The van der Waals surface area contributed by atoms with E-state index in [0.29, 0.717) is 11.3 Å². The van der Waals surface area contributed by atoms with E-state index in [1.807, 2.05) is 12.1 Å². The van der Waals surface area contributed by atoms with Crippen LogP contribution in [0.15, 0.2) is 48.5 Å². The molecule has 0 heterocycles. The Hall–Kier alpha value is -3.00. The van der Waals surface area contributed by atoms with E-state index in [4.69, 9.17) is 19.5 Å². The van der Waals surface area contributed by atoms with Crippen molar-refractivity contribution in [1.29, 1.82) is 5.26 Å². The average Bonchev–Trinajstić information content (AvgIpc) is 2.64. The first kappa shape index (κ1) is 17.4. The van der Waals surface area contributed by atoms with Gasteiger partial charge in [0.25, 0.3) is 0 Å². The molecule has 0 bridgehead atoms. The third-order valence-electron chi connectivity index (χ3n) is 3.56. The van der Waals surface area contributed by atoms with Gasteiger partial charge in [0.1, 0.15) is 30.8 Å². The number of para-hydroxylation sites is 1. The zero-order valence-corrected chi connectivity index (χ0v) is 13.7. The number of hydrogen-bond donors (Lipinski definition) is 0. The van der Waals surface area contributed by atoms with Gasteiger partial charge in [-0.1, -0.05) is 24.3 Å². The largest absolute Gasteiger partial charge is 0.497 e. The van der Waals surface area contributed by atoms with Crippen LogP contribution in [-0.2, 0) is 9.53 Å². The van der Waals surface area contributed by atoms with E-state index in [-0.39, 0.29) is 25.1 Å². The minimum atomic E-state index is -0.373. The fourth-order valence-electron chi connectivity index (χ4n) is 2.13. The van der Waals surface area contributed by atoms with Gasteiger partial charge in [0.2, 0.25) is 0 Å². The molecular formula is C19H19NO4. The quantitative estimate of drug-likeness (QED) is 0.577. The summed E-state index contributed by atoms with van der Waals surface area (Å²) in [7, 11) is 1.59. The van der Waals surface area contributed by atoms with E-state index in [2.05, 4.69) is 6.07 Å². The number of esters is 1. The van der Waals surface area contributed by atoms with E-state index >= 15 is 0 Å². The van der Waals surface area contributed by atoms with Gasteiger partial charge in [0, 0.05) is 0 Å². The Balaban J connectivity index is 1.81. The summed E-state index contributed by atoms with van der Waals surface area (Å²) in [6, 6.07) is 16.3. The van der Waals surface area contributed by atoms with E-state index in [1.165, 1.54) is 0 Å². The Labute approximate surface area is 141 Å². The number of carbonyl (C=O) groups excluding carboxylic acids is 1. The predicted octanol–water partition coefficient (Wildman–Crippen LogP) is 3.29. The van der Waals surface area contributed by atoms with Crippen LogP contribution in [0.3, 0.4) is 0 Å². The van der Waals surface area contributed by atoms with Gasteiger partial charge in [-0.05, 0) is 36.8 Å². The van der Waals surface area contributed by atoms with Gasteiger partial charge in [-0.15, -0.1) is 0 Å². The molecule has 0 saturated carbocycles. The summed E-state index contributed by atoms with van der Waals surface area (Å²) in [6.07, 6.45) is 0. The normalized spacial score (nSPS) is 11.2. The van der Waals surface area contributed by atoms with Gasteiger partial charge in [-0.2, -0.15) is 5.26 Å². The van der Waals surface area contributed by atoms with E-state index in [0.717, 1.165) is 11.3 Å².